The molecule has 0 heterocycles. The van der Waals surface area contributed by atoms with Crippen molar-refractivity contribution < 1.29 is 9.47 Å². The second kappa shape index (κ2) is 56.0. The maximum absolute atomic E-state index is 5.42. The molecular weight excluding hydrogens is 1550 g/mol. The van der Waals surface area contributed by atoms with Crippen molar-refractivity contribution in [3.63, 3.8) is 0 Å². The number of nitrogens with one attached hydrogen (secondary N) is 2. The van der Waals surface area contributed by atoms with Crippen molar-refractivity contribution in [2.24, 2.45) is 62.0 Å². The van der Waals surface area contributed by atoms with E-state index >= 15 is 0 Å². The van der Waals surface area contributed by atoms with Gasteiger partial charge in [-0.05, 0) is 253 Å². The first-order valence-corrected chi connectivity index (χ1v) is 46.3. The van der Waals surface area contributed by atoms with Crippen LogP contribution in [0.2, 0.25) is 8.63 Å². The molecule has 0 radical (unpaired) electrons. The number of nitrogens with zero attached hydrogens (tertiary/aromatic N) is 7. The fourth-order valence-corrected chi connectivity index (χ4v) is 9.29. The molecule has 0 fully saturated rings. The molecule has 11 nitrogen and oxygen atoms in total. The Bertz CT molecular complexity index is 2170. The standard InChI is InChI=1S/C11H21N.C10H20N2.C10H21N.C10H20O.C10H20S.C10H20Se.C9H20N2.C9H19NO.C9H19NS.C9H19NSe/c1-10(2,3)8-7-9-12-11(4,5)6;1-9(2,3)11-7-8-12-10(4,5)6;4*1-9(2,3)7-8-11-10(4,5)6;4*1-8(2,3)10-7-11-9(4,5)6/h7-9H,1-6H3;7-8H,1-6H3;7-8,11H,1-6H3;3*7-8H,1-6H3;7H,1-6H3,(H,10,11);3*7H,1-6H3/b8-7-,12-9?;;4*8-7-;;;;. The van der Waals surface area contributed by atoms with Crippen LogP contribution in [0.5, 0.6) is 0 Å². The van der Waals surface area contributed by atoms with E-state index in [1.54, 1.807) is 43.2 Å². The summed E-state index contributed by atoms with van der Waals surface area (Å²) in [7, 11) is 0. The van der Waals surface area contributed by atoms with E-state index in [1.165, 1.54) is 0 Å². The molecule has 112 heavy (non-hydrogen) atoms. The predicted octanol–water partition coefficient (Wildman–Crippen LogP) is 30.9. The molecule has 0 rings (SSSR count). The number of thioether (sulfide) groups is 2. The van der Waals surface area contributed by atoms with Gasteiger partial charge in [0, 0.05) is 39.2 Å². The van der Waals surface area contributed by atoms with Crippen molar-refractivity contribution in [1.82, 2.24) is 10.6 Å². The van der Waals surface area contributed by atoms with Gasteiger partial charge >= 0.3 is 154 Å². The van der Waals surface area contributed by atoms with Crippen LogP contribution in [0.1, 0.15) is 415 Å². The van der Waals surface area contributed by atoms with E-state index in [9.17, 15) is 0 Å². The van der Waals surface area contributed by atoms with E-state index in [0.29, 0.717) is 54.1 Å². The maximum atomic E-state index is 5.42. The molecule has 0 aromatic heterocycles. The van der Waals surface area contributed by atoms with Crippen LogP contribution in [-0.4, -0.2) is 143 Å². The molecule has 2 N–H and O–H groups in total. The Morgan fingerprint density at radius 1 is 0.277 bits per heavy atom. The molecule has 0 aliphatic rings. The quantitative estimate of drug-likeness (QED) is 0.0970. The van der Waals surface area contributed by atoms with Crippen molar-refractivity contribution >= 4 is 95.5 Å². The molecule has 668 valence electrons. The van der Waals surface area contributed by atoms with Crippen molar-refractivity contribution in [3.8, 4) is 0 Å². The first-order chi connectivity index (χ1) is 48.1. The fourth-order valence-electron chi connectivity index (χ4n) is 4.43. The van der Waals surface area contributed by atoms with Gasteiger partial charge in [-0.3, -0.25) is 30.0 Å². The van der Waals surface area contributed by atoms with Gasteiger partial charge < -0.3 is 20.1 Å². The number of rotatable bonds is 10. The third-order valence-electron chi connectivity index (χ3n) is 9.69. The topological polar surface area (TPSA) is 129 Å². The normalized spacial score (nSPS) is 14.3. The van der Waals surface area contributed by atoms with Gasteiger partial charge in [-0.1, -0.05) is 143 Å². The van der Waals surface area contributed by atoms with E-state index < -0.39 is 0 Å². The summed E-state index contributed by atoms with van der Waals surface area (Å²) in [6.07, 6.45) is 25.6. The van der Waals surface area contributed by atoms with Crippen LogP contribution in [0.15, 0.2) is 94.2 Å². The minimum atomic E-state index is -0.130. The third kappa shape index (κ3) is 193. The van der Waals surface area contributed by atoms with Gasteiger partial charge in [-0.2, -0.15) is 0 Å². The summed E-state index contributed by atoms with van der Waals surface area (Å²) in [6.45, 7) is 128. The predicted molar refractivity (Wildman–Crippen MR) is 534 cm³/mol. The van der Waals surface area contributed by atoms with Crippen molar-refractivity contribution in [3.05, 3.63) is 59.3 Å². The Kier molecular flexibility index (Phi) is 65.0. The minimum absolute atomic E-state index is 0.00387. The monoisotopic (exact) mass is 1750 g/mol. The molecule has 0 saturated heterocycles. The fraction of sp³-hybridized carbons (Fsp3) is 0.825. The average molecular weight is 1750 g/mol. The second-order valence-corrected chi connectivity index (χ2v) is 59.1. The van der Waals surface area contributed by atoms with Crippen molar-refractivity contribution in [2.75, 3.05) is 0 Å². The molecule has 0 spiro atoms. The van der Waals surface area contributed by atoms with E-state index in [-0.39, 0.29) is 82.0 Å². The van der Waals surface area contributed by atoms with Crippen molar-refractivity contribution in [2.45, 2.75) is 495 Å². The summed E-state index contributed by atoms with van der Waals surface area (Å²) >= 11 is 4.82. The van der Waals surface area contributed by atoms with Gasteiger partial charge in [0.15, 0.2) is 6.40 Å². The zero-order valence-electron chi connectivity index (χ0n) is 86.4. The molecule has 0 atom stereocenters. The van der Waals surface area contributed by atoms with Crippen LogP contribution in [-0.2, 0) is 9.47 Å². The zero-order valence-corrected chi connectivity index (χ0v) is 91.5. The van der Waals surface area contributed by atoms with Crippen LogP contribution in [0, 0.1) is 27.1 Å². The number of ether oxygens (including phenoxy) is 2. The molecule has 0 aliphatic heterocycles. The second-order valence-electron chi connectivity index (χ2n) is 48.6. The molecule has 0 aromatic carbocycles. The molecular formula is C97H199N9O2S2Se2. The molecule has 0 amide bonds. The van der Waals surface area contributed by atoms with Gasteiger partial charge in [0.1, 0.15) is 5.60 Å². The number of allylic oxidation sites excluding steroid dienone is 6. The molecule has 15 heteroatoms. The average Bonchev–Trinajstić information content (AvgIpc) is 0.969. The molecule has 0 unspecified atom stereocenters. The summed E-state index contributed by atoms with van der Waals surface area (Å²) in [5.74, 6) is 0. The number of aliphatic imine (C=N–C) groups is 7. The van der Waals surface area contributed by atoms with Crippen LogP contribution in [0.25, 0.3) is 0 Å². The Morgan fingerprint density at radius 2 is 0.589 bits per heavy atom. The summed E-state index contributed by atoms with van der Waals surface area (Å²) in [6, 6.07) is 0. The van der Waals surface area contributed by atoms with Gasteiger partial charge in [-0.25, -0.2) is 0 Å². The van der Waals surface area contributed by atoms with E-state index in [4.69, 9.17) is 9.47 Å². The number of hydrogen-bond donors (Lipinski definition) is 2. The van der Waals surface area contributed by atoms with Gasteiger partial charge in [0.25, 0.3) is 0 Å². The van der Waals surface area contributed by atoms with Gasteiger partial charge in [-0.15, -0.1) is 23.5 Å². The third-order valence-corrected chi connectivity index (χ3v) is 15.6. The number of hydrogen-bond acceptors (Lipinski definition) is 12. The van der Waals surface area contributed by atoms with Gasteiger partial charge in [0.2, 0.25) is 0 Å². The molecule has 0 aromatic rings. The summed E-state index contributed by atoms with van der Waals surface area (Å²) in [5, 5.41) is 10.8. The Balaban J connectivity index is -0.000000129. The van der Waals surface area contributed by atoms with E-state index in [1.807, 2.05) is 98.1 Å². The summed E-state index contributed by atoms with van der Waals surface area (Å²) in [4.78, 5) is 32.6. The Labute approximate surface area is 726 Å². The van der Waals surface area contributed by atoms with Crippen LogP contribution >= 0.6 is 23.5 Å². The zero-order chi connectivity index (χ0) is 92.6. The van der Waals surface area contributed by atoms with Crippen LogP contribution < -0.4 is 10.6 Å². The Morgan fingerprint density at radius 3 is 0.857 bits per heavy atom. The summed E-state index contributed by atoms with van der Waals surface area (Å²) in [5.41, 5.74) is 3.69. The van der Waals surface area contributed by atoms with Crippen LogP contribution in [0.4, 0.5) is 0 Å². The first-order valence-electron chi connectivity index (χ1n) is 40.9. The summed E-state index contributed by atoms with van der Waals surface area (Å²) < 4.78 is 12.3. The van der Waals surface area contributed by atoms with Crippen molar-refractivity contribution in [1.29, 1.82) is 0 Å². The van der Waals surface area contributed by atoms with Gasteiger partial charge in [0.05, 0.1) is 57.0 Å². The van der Waals surface area contributed by atoms with Crippen LogP contribution in [0.3, 0.4) is 0 Å². The first kappa shape index (κ1) is 130. The van der Waals surface area contributed by atoms with E-state index in [2.05, 4.69) is 445 Å². The Hall–Kier alpha value is -2.67. The molecule has 0 bridgehead atoms. The van der Waals surface area contributed by atoms with E-state index in [0.717, 1.165) is 0 Å². The molecule has 0 aliphatic carbocycles. The SMILES string of the molecule is CC(C)(C)/C=C\C=NC(C)(C)C.CC(C)(C)/C=C\NC(C)(C)C.CC(C)(C)/C=C\OC(C)(C)C.CC(C)(C)/C=C\SC(C)(C)C.CC(C)(C)/C=C\[Se]C(C)(C)C.CC(C)(C)N=CC=NC(C)(C)C.CC(C)(C)N=CNC(C)(C)C.CC(C)(C)N=COC(C)(C)C.CC(C)(C)N=CSC(C)(C)C.CC(C)(C)N=C[Se]C(C)(C)C. The molecule has 0 saturated carbocycles.